The lowest BCUT2D eigenvalue weighted by Crippen LogP contribution is -2.46. The summed E-state index contributed by atoms with van der Waals surface area (Å²) in [5.41, 5.74) is -2.40. The molecule has 0 fully saturated rings. The van der Waals surface area contributed by atoms with Crippen LogP contribution in [-0.2, 0) is 12.6 Å². The van der Waals surface area contributed by atoms with Crippen LogP contribution in [0.2, 0.25) is 0 Å². The average Bonchev–Trinajstić information content (AvgIpc) is 3.04. The molecule has 1 atom stereocenters. The number of carbonyl (C=O) groups is 1. The van der Waals surface area contributed by atoms with E-state index in [1.807, 2.05) is 0 Å². The van der Waals surface area contributed by atoms with Crippen molar-refractivity contribution in [2.75, 3.05) is 6.54 Å². The Morgan fingerprint density at radius 3 is 2.54 bits per heavy atom. The maximum Gasteiger partial charge on any atom is 0.424 e. The van der Waals surface area contributed by atoms with Gasteiger partial charge in [-0.1, -0.05) is 0 Å². The van der Waals surface area contributed by atoms with Gasteiger partial charge in [0.05, 0.1) is 0 Å². The van der Waals surface area contributed by atoms with Gasteiger partial charge in [0, 0.05) is 32.4 Å². The van der Waals surface area contributed by atoms with Crippen LogP contribution in [0.3, 0.4) is 0 Å². The molecular weight excluding hydrogens is 327 g/mol. The first-order valence-corrected chi connectivity index (χ1v) is 7.18. The molecule has 0 aromatic carbocycles. The Morgan fingerprint density at radius 1 is 1.42 bits per heavy atom. The van der Waals surface area contributed by atoms with Crippen molar-refractivity contribution in [1.29, 1.82) is 0 Å². The van der Waals surface area contributed by atoms with E-state index < -0.39 is 36.5 Å². The zero-order chi connectivity index (χ0) is 18.1. The summed E-state index contributed by atoms with van der Waals surface area (Å²) in [6.45, 7) is 3.02. The summed E-state index contributed by atoms with van der Waals surface area (Å²) in [5, 5.41) is 12.5. The number of amides is 1. The van der Waals surface area contributed by atoms with Gasteiger partial charge in [-0.25, -0.2) is 4.98 Å². The maximum atomic E-state index is 13.3. The van der Waals surface area contributed by atoms with Crippen LogP contribution in [0.1, 0.15) is 34.1 Å². The number of halogens is 3. The summed E-state index contributed by atoms with van der Waals surface area (Å²) >= 11 is 0. The molecule has 2 aromatic heterocycles. The van der Waals surface area contributed by atoms with Crippen LogP contribution < -0.4 is 5.32 Å². The standard InChI is InChI=1S/C15H18F3N3O3/c1-9-8-11(24-10(9)2)12(22)19-5-4-14(23,15(16,17)18)13-20-6-7-21(13)3/h6-8,23H,4-5H2,1-3H3,(H,19,22). The van der Waals surface area contributed by atoms with Gasteiger partial charge in [0.1, 0.15) is 11.6 Å². The molecule has 0 aliphatic carbocycles. The molecule has 0 bridgehead atoms. The second kappa shape index (κ2) is 6.31. The van der Waals surface area contributed by atoms with Crippen LogP contribution in [0.15, 0.2) is 22.9 Å². The number of hydrogen-bond donors (Lipinski definition) is 2. The number of alkyl halides is 3. The quantitative estimate of drug-likeness (QED) is 0.871. The molecule has 6 nitrogen and oxygen atoms in total. The summed E-state index contributed by atoms with van der Waals surface area (Å²) in [4.78, 5) is 15.5. The fourth-order valence-electron chi connectivity index (χ4n) is 2.27. The average molecular weight is 345 g/mol. The molecule has 2 N–H and O–H groups in total. The summed E-state index contributed by atoms with van der Waals surface area (Å²) in [6, 6.07) is 1.50. The smallest absolute Gasteiger partial charge is 0.424 e. The van der Waals surface area contributed by atoms with Crippen molar-refractivity contribution >= 4 is 5.91 Å². The van der Waals surface area contributed by atoms with E-state index in [0.717, 1.165) is 10.1 Å². The van der Waals surface area contributed by atoms with Crippen molar-refractivity contribution in [2.45, 2.75) is 32.0 Å². The predicted molar refractivity (Wildman–Crippen MR) is 78.3 cm³/mol. The molecule has 1 amide bonds. The summed E-state index contributed by atoms with van der Waals surface area (Å²) in [6.07, 6.45) is -3.24. The molecule has 2 aromatic rings. The first kappa shape index (κ1) is 18.1. The Bertz CT molecular complexity index is 716. The summed E-state index contributed by atoms with van der Waals surface area (Å²) < 4.78 is 46.2. The highest BCUT2D eigenvalue weighted by Crippen LogP contribution is 2.40. The molecule has 0 aliphatic rings. The van der Waals surface area contributed by atoms with Crippen molar-refractivity contribution in [2.24, 2.45) is 7.05 Å². The normalized spacial score (nSPS) is 14.5. The Balaban J connectivity index is 2.09. The molecule has 0 aliphatic heterocycles. The fraction of sp³-hybridized carbons (Fsp3) is 0.467. The number of aryl methyl sites for hydroxylation is 3. The highest BCUT2D eigenvalue weighted by atomic mass is 19.4. The van der Waals surface area contributed by atoms with Crippen molar-refractivity contribution < 1.29 is 27.5 Å². The van der Waals surface area contributed by atoms with Crippen molar-refractivity contribution in [1.82, 2.24) is 14.9 Å². The van der Waals surface area contributed by atoms with E-state index in [-0.39, 0.29) is 5.76 Å². The van der Waals surface area contributed by atoms with E-state index in [1.165, 1.54) is 25.5 Å². The van der Waals surface area contributed by atoms with Gasteiger partial charge in [0.25, 0.3) is 5.91 Å². The van der Waals surface area contributed by atoms with E-state index in [0.29, 0.717) is 5.76 Å². The molecule has 0 saturated carbocycles. The number of hydrogen-bond acceptors (Lipinski definition) is 4. The second-order valence-corrected chi connectivity index (χ2v) is 5.58. The zero-order valence-electron chi connectivity index (χ0n) is 13.4. The Morgan fingerprint density at radius 2 is 2.08 bits per heavy atom. The van der Waals surface area contributed by atoms with Crippen LogP contribution in [0.5, 0.6) is 0 Å². The highest BCUT2D eigenvalue weighted by molar-refractivity contribution is 5.91. The van der Waals surface area contributed by atoms with Crippen LogP contribution in [0.4, 0.5) is 13.2 Å². The van der Waals surface area contributed by atoms with E-state index in [1.54, 1.807) is 13.8 Å². The third-order valence-electron chi connectivity index (χ3n) is 3.82. The van der Waals surface area contributed by atoms with Gasteiger partial charge in [-0.3, -0.25) is 4.79 Å². The van der Waals surface area contributed by atoms with Crippen LogP contribution in [-0.4, -0.2) is 33.3 Å². The number of nitrogens with zero attached hydrogens (tertiary/aromatic N) is 2. The minimum absolute atomic E-state index is 0.0116. The zero-order valence-corrected chi connectivity index (χ0v) is 13.4. The van der Waals surface area contributed by atoms with Crippen LogP contribution in [0, 0.1) is 13.8 Å². The predicted octanol–water partition coefficient (Wildman–Crippen LogP) is 2.20. The highest BCUT2D eigenvalue weighted by Gasteiger charge is 2.57. The van der Waals surface area contributed by atoms with Gasteiger partial charge in [-0.15, -0.1) is 0 Å². The van der Waals surface area contributed by atoms with Crippen LogP contribution >= 0.6 is 0 Å². The van der Waals surface area contributed by atoms with Crippen molar-refractivity contribution in [3.05, 3.63) is 41.4 Å². The molecular formula is C15H18F3N3O3. The molecule has 2 rings (SSSR count). The molecule has 9 heteroatoms. The number of nitrogens with one attached hydrogen (secondary N) is 1. The molecule has 24 heavy (non-hydrogen) atoms. The Hall–Kier alpha value is -2.29. The lowest BCUT2D eigenvalue weighted by molar-refractivity contribution is -0.272. The molecule has 0 radical (unpaired) electrons. The van der Waals surface area contributed by atoms with Gasteiger partial charge < -0.3 is 19.4 Å². The second-order valence-electron chi connectivity index (χ2n) is 5.58. The number of carbonyl (C=O) groups excluding carboxylic acids is 1. The van der Waals surface area contributed by atoms with Gasteiger partial charge in [-0.2, -0.15) is 13.2 Å². The first-order chi connectivity index (χ1) is 11.1. The molecule has 2 heterocycles. The molecule has 0 saturated heterocycles. The summed E-state index contributed by atoms with van der Waals surface area (Å²) in [7, 11) is 1.35. The monoisotopic (exact) mass is 345 g/mol. The number of imidazole rings is 1. The SMILES string of the molecule is Cc1cc(C(=O)NCCC(O)(c2nccn2C)C(F)(F)F)oc1C. The van der Waals surface area contributed by atoms with Gasteiger partial charge >= 0.3 is 6.18 Å². The van der Waals surface area contributed by atoms with Crippen molar-refractivity contribution in [3.63, 3.8) is 0 Å². The van der Waals surface area contributed by atoms with Gasteiger partial charge in [-0.05, 0) is 25.5 Å². The molecule has 132 valence electrons. The number of rotatable bonds is 5. The van der Waals surface area contributed by atoms with E-state index in [4.69, 9.17) is 4.42 Å². The van der Waals surface area contributed by atoms with E-state index in [9.17, 15) is 23.1 Å². The largest absolute Gasteiger partial charge is 0.456 e. The number of aliphatic hydroxyl groups is 1. The number of aromatic nitrogens is 2. The third-order valence-corrected chi connectivity index (χ3v) is 3.82. The third kappa shape index (κ3) is 3.30. The minimum Gasteiger partial charge on any atom is -0.456 e. The minimum atomic E-state index is -4.94. The van der Waals surface area contributed by atoms with Gasteiger partial charge in [0.15, 0.2) is 5.76 Å². The van der Waals surface area contributed by atoms with Crippen molar-refractivity contribution in [3.8, 4) is 0 Å². The fourth-order valence-corrected chi connectivity index (χ4v) is 2.27. The molecule has 1 unspecified atom stereocenters. The van der Waals surface area contributed by atoms with E-state index >= 15 is 0 Å². The van der Waals surface area contributed by atoms with E-state index in [2.05, 4.69) is 10.3 Å². The lowest BCUT2D eigenvalue weighted by Gasteiger charge is -2.29. The lowest BCUT2D eigenvalue weighted by atomic mass is 9.97. The first-order valence-electron chi connectivity index (χ1n) is 7.18. The number of furan rings is 1. The topological polar surface area (TPSA) is 80.3 Å². The van der Waals surface area contributed by atoms with Crippen LogP contribution in [0.25, 0.3) is 0 Å². The summed E-state index contributed by atoms with van der Waals surface area (Å²) in [5.74, 6) is -0.609. The Labute approximate surface area is 136 Å². The maximum absolute atomic E-state index is 13.3. The Kier molecular flexibility index (Phi) is 4.75. The molecule has 0 spiro atoms. The van der Waals surface area contributed by atoms with Gasteiger partial charge in [0.2, 0.25) is 5.60 Å².